The van der Waals surface area contributed by atoms with Crippen LogP contribution >= 0.6 is 15.9 Å². The molecule has 0 amide bonds. The standard InChI is InChI=1S/C20H18BrF3N2O2/c21-15-6-13(5-14(8-15)20(22,23)24)10-27-11-19-16-2-1-12(9-26)7-17(16)18(28-19)3-4-25/h1-2,5-8,18-19H,3-4,10-11,25H2. The number of benzene rings is 2. The summed E-state index contributed by atoms with van der Waals surface area (Å²) in [6.45, 7) is 0.649. The maximum absolute atomic E-state index is 12.9. The number of nitrogens with zero attached hydrogens (tertiary/aromatic N) is 1. The fourth-order valence-electron chi connectivity index (χ4n) is 3.25. The molecule has 1 heterocycles. The van der Waals surface area contributed by atoms with E-state index in [1.54, 1.807) is 18.2 Å². The van der Waals surface area contributed by atoms with Gasteiger partial charge >= 0.3 is 6.18 Å². The van der Waals surface area contributed by atoms with E-state index in [-0.39, 0.29) is 25.4 Å². The summed E-state index contributed by atoms with van der Waals surface area (Å²) in [5.74, 6) is 0. The van der Waals surface area contributed by atoms with Crippen LogP contribution in [0.5, 0.6) is 0 Å². The number of nitrogens with two attached hydrogens (primary N) is 1. The van der Waals surface area contributed by atoms with E-state index in [9.17, 15) is 13.2 Å². The summed E-state index contributed by atoms with van der Waals surface area (Å²) >= 11 is 3.11. The molecule has 2 N–H and O–H groups in total. The fraction of sp³-hybridized carbons (Fsp3) is 0.350. The molecule has 4 nitrogen and oxygen atoms in total. The minimum atomic E-state index is -4.42. The van der Waals surface area contributed by atoms with Crippen molar-refractivity contribution < 1.29 is 22.6 Å². The molecule has 8 heteroatoms. The number of ether oxygens (including phenoxy) is 2. The molecular formula is C20H18BrF3N2O2. The molecule has 28 heavy (non-hydrogen) atoms. The van der Waals surface area contributed by atoms with E-state index in [4.69, 9.17) is 20.5 Å². The van der Waals surface area contributed by atoms with Crippen molar-refractivity contribution in [3.8, 4) is 6.07 Å². The number of nitriles is 1. The highest BCUT2D eigenvalue weighted by Gasteiger charge is 2.32. The molecule has 0 saturated carbocycles. The van der Waals surface area contributed by atoms with Crippen LogP contribution in [0.2, 0.25) is 0 Å². The SMILES string of the molecule is N#Cc1ccc2c(c1)C(CCN)OC2COCc1cc(Br)cc(C(F)(F)F)c1. The molecule has 2 atom stereocenters. The second kappa shape index (κ2) is 8.62. The van der Waals surface area contributed by atoms with Crippen LogP contribution in [0.3, 0.4) is 0 Å². The van der Waals surface area contributed by atoms with E-state index in [1.165, 1.54) is 0 Å². The van der Waals surface area contributed by atoms with E-state index in [1.807, 2.05) is 6.07 Å². The van der Waals surface area contributed by atoms with Crippen molar-refractivity contribution in [3.05, 3.63) is 68.7 Å². The summed E-state index contributed by atoms with van der Waals surface area (Å²) < 4.78 is 50.8. The molecule has 3 rings (SSSR count). The monoisotopic (exact) mass is 454 g/mol. The molecule has 0 spiro atoms. The predicted octanol–water partition coefficient (Wildman–Crippen LogP) is 5.02. The number of halogens is 4. The fourth-order valence-corrected chi connectivity index (χ4v) is 3.79. The van der Waals surface area contributed by atoms with Crippen LogP contribution < -0.4 is 5.73 Å². The second-order valence-corrected chi connectivity index (χ2v) is 7.42. The van der Waals surface area contributed by atoms with Gasteiger partial charge in [0.1, 0.15) is 6.10 Å². The molecule has 0 bridgehead atoms. The van der Waals surface area contributed by atoms with Gasteiger partial charge in [0.15, 0.2) is 0 Å². The van der Waals surface area contributed by atoms with Gasteiger partial charge in [-0.2, -0.15) is 18.4 Å². The summed E-state index contributed by atoms with van der Waals surface area (Å²) in [7, 11) is 0. The number of hydrogen-bond donors (Lipinski definition) is 1. The van der Waals surface area contributed by atoms with Crippen LogP contribution in [-0.4, -0.2) is 13.2 Å². The highest BCUT2D eigenvalue weighted by molar-refractivity contribution is 9.10. The average molecular weight is 455 g/mol. The molecule has 2 unspecified atom stereocenters. The average Bonchev–Trinajstić information content (AvgIpc) is 2.98. The number of fused-ring (bicyclic) bond motifs is 1. The van der Waals surface area contributed by atoms with Crippen LogP contribution in [0.25, 0.3) is 0 Å². The van der Waals surface area contributed by atoms with Gasteiger partial charge < -0.3 is 15.2 Å². The molecule has 2 aromatic rings. The number of alkyl halides is 3. The Balaban J connectivity index is 1.69. The van der Waals surface area contributed by atoms with Gasteiger partial charge in [0, 0.05) is 4.47 Å². The maximum atomic E-state index is 12.9. The summed E-state index contributed by atoms with van der Waals surface area (Å²) in [5.41, 5.74) is 7.71. The zero-order valence-electron chi connectivity index (χ0n) is 14.8. The van der Waals surface area contributed by atoms with Gasteiger partial charge in [-0.3, -0.25) is 0 Å². The minimum Gasteiger partial charge on any atom is -0.374 e. The third-order valence-electron chi connectivity index (χ3n) is 4.49. The zero-order chi connectivity index (χ0) is 20.3. The summed E-state index contributed by atoms with van der Waals surface area (Å²) in [6, 6.07) is 11.1. The quantitative estimate of drug-likeness (QED) is 0.665. The first-order valence-electron chi connectivity index (χ1n) is 8.65. The van der Waals surface area contributed by atoms with E-state index in [2.05, 4.69) is 22.0 Å². The van der Waals surface area contributed by atoms with Crippen molar-refractivity contribution in [1.29, 1.82) is 5.26 Å². The second-order valence-electron chi connectivity index (χ2n) is 6.51. The lowest BCUT2D eigenvalue weighted by Gasteiger charge is -2.15. The lowest BCUT2D eigenvalue weighted by molar-refractivity contribution is -0.137. The lowest BCUT2D eigenvalue weighted by Crippen LogP contribution is -2.10. The van der Waals surface area contributed by atoms with Gasteiger partial charge in [-0.05, 0) is 60.0 Å². The molecule has 0 saturated heterocycles. The molecule has 0 aromatic heterocycles. The Morgan fingerprint density at radius 1 is 1.14 bits per heavy atom. The van der Waals surface area contributed by atoms with E-state index < -0.39 is 11.7 Å². The number of rotatable bonds is 6. The Labute approximate surface area is 169 Å². The van der Waals surface area contributed by atoms with Gasteiger partial charge in [0.2, 0.25) is 0 Å². The van der Waals surface area contributed by atoms with Crippen LogP contribution in [0.15, 0.2) is 40.9 Å². The normalized spacial score (nSPS) is 18.7. The molecule has 0 fully saturated rings. The van der Waals surface area contributed by atoms with Gasteiger partial charge in [-0.15, -0.1) is 0 Å². The van der Waals surface area contributed by atoms with Crippen LogP contribution in [0.4, 0.5) is 13.2 Å². The lowest BCUT2D eigenvalue weighted by atomic mass is 9.98. The predicted molar refractivity (Wildman–Crippen MR) is 100 cm³/mol. The summed E-state index contributed by atoms with van der Waals surface area (Å²) in [6.07, 6.45) is -4.38. The molecular weight excluding hydrogens is 437 g/mol. The van der Waals surface area contributed by atoms with Crippen molar-refractivity contribution in [1.82, 2.24) is 0 Å². The topological polar surface area (TPSA) is 68.3 Å². The summed E-state index contributed by atoms with van der Waals surface area (Å²) in [5, 5.41) is 9.10. The first kappa shape index (κ1) is 20.8. The Morgan fingerprint density at radius 3 is 2.61 bits per heavy atom. The molecule has 1 aliphatic heterocycles. The van der Waals surface area contributed by atoms with Crippen molar-refractivity contribution >= 4 is 15.9 Å². The zero-order valence-corrected chi connectivity index (χ0v) is 16.4. The van der Waals surface area contributed by atoms with Crippen molar-refractivity contribution in [2.75, 3.05) is 13.2 Å². The molecule has 1 aliphatic rings. The van der Waals surface area contributed by atoms with Gasteiger partial charge in [-0.25, -0.2) is 0 Å². The van der Waals surface area contributed by atoms with Gasteiger partial charge in [-0.1, -0.05) is 22.0 Å². The Kier molecular flexibility index (Phi) is 6.40. The molecule has 0 radical (unpaired) electrons. The van der Waals surface area contributed by atoms with E-state index in [0.29, 0.717) is 28.6 Å². The first-order chi connectivity index (χ1) is 13.3. The Bertz CT molecular complexity index is 896. The Morgan fingerprint density at radius 2 is 1.93 bits per heavy atom. The van der Waals surface area contributed by atoms with Crippen molar-refractivity contribution in [2.45, 2.75) is 31.4 Å². The van der Waals surface area contributed by atoms with E-state index in [0.717, 1.165) is 23.3 Å². The van der Waals surface area contributed by atoms with Crippen molar-refractivity contribution in [3.63, 3.8) is 0 Å². The van der Waals surface area contributed by atoms with Gasteiger partial charge in [0.05, 0.1) is 36.5 Å². The Hall–Kier alpha value is -1.92. The third-order valence-corrected chi connectivity index (χ3v) is 4.95. The minimum absolute atomic E-state index is 0.0234. The first-order valence-corrected chi connectivity index (χ1v) is 9.45. The molecule has 148 valence electrons. The largest absolute Gasteiger partial charge is 0.416 e. The molecule has 0 aliphatic carbocycles. The maximum Gasteiger partial charge on any atom is 0.416 e. The highest BCUT2D eigenvalue weighted by Crippen LogP contribution is 2.41. The van der Waals surface area contributed by atoms with Crippen molar-refractivity contribution in [2.24, 2.45) is 5.73 Å². The van der Waals surface area contributed by atoms with Crippen LogP contribution in [0, 0.1) is 11.3 Å². The third kappa shape index (κ3) is 4.73. The smallest absolute Gasteiger partial charge is 0.374 e. The molecule has 2 aromatic carbocycles. The van der Waals surface area contributed by atoms with Crippen LogP contribution in [0.1, 0.15) is 46.4 Å². The highest BCUT2D eigenvalue weighted by atomic mass is 79.9. The summed E-state index contributed by atoms with van der Waals surface area (Å²) in [4.78, 5) is 0. The number of hydrogen-bond acceptors (Lipinski definition) is 4. The van der Waals surface area contributed by atoms with Gasteiger partial charge in [0.25, 0.3) is 0 Å². The van der Waals surface area contributed by atoms with Crippen LogP contribution in [-0.2, 0) is 22.3 Å². The van der Waals surface area contributed by atoms with E-state index >= 15 is 0 Å².